The monoisotopic (exact) mass is 361 g/mol. The highest BCUT2D eigenvalue weighted by molar-refractivity contribution is 6.35. The van der Waals surface area contributed by atoms with E-state index in [4.69, 9.17) is 27.6 Å². The number of carbonyl (C=O) groups is 1. The van der Waals surface area contributed by atoms with Gasteiger partial charge in [-0.05, 0) is 23.3 Å². The number of halogens is 2. The lowest BCUT2D eigenvalue weighted by Gasteiger charge is -2.02. The highest BCUT2D eigenvalue weighted by Gasteiger charge is 2.15. The van der Waals surface area contributed by atoms with Crippen LogP contribution in [0.4, 0.5) is 0 Å². The van der Waals surface area contributed by atoms with Crippen LogP contribution in [0.5, 0.6) is 0 Å². The predicted molar refractivity (Wildman–Crippen MR) is 91.2 cm³/mol. The van der Waals surface area contributed by atoms with E-state index in [0.29, 0.717) is 28.9 Å². The summed E-state index contributed by atoms with van der Waals surface area (Å²) >= 11 is 12.0. The molecule has 122 valence electrons. The van der Waals surface area contributed by atoms with E-state index in [-0.39, 0.29) is 5.89 Å². The second-order valence-electron chi connectivity index (χ2n) is 5.08. The summed E-state index contributed by atoms with van der Waals surface area (Å²) in [6, 6.07) is 14.7. The second-order valence-corrected chi connectivity index (χ2v) is 5.93. The molecule has 0 spiro atoms. The van der Waals surface area contributed by atoms with Crippen LogP contribution in [0.15, 0.2) is 52.9 Å². The van der Waals surface area contributed by atoms with Gasteiger partial charge in [-0.1, -0.05) is 59.6 Å². The molecule has 0 saturated carbocycles. The first-order chi connectivity index (χ1) is 11.6. The van der Waals surface area contributed by atoms with Gasteiger partial charge in [-0.2, -0.15) is 0 Å². The van der Waals surface area contributed by atoms with E-state index < -0.39 is 5.91 Å². The van der Waals surface area contributed by atoms with Crippen molar-refractivity contribution in [2.24, 2.45) is 0 Å². The van der Waals surface area contributed by atoms with Gasteiger partial charge >= 0.3 is 11.8 Å². The lowest BCUT2D eigenvalue weighted by molar-refractivity contribution is 0.0914. The highest BCUT2D eigenvalue weighted by atomic mass is 35.5. The molecule has 1 aromatic heterocycles. The topological polar surface area (TPSA) is 68.0 Å². The van der Waals surface area contributed by atoms with Gasteiger partial charge in [0.25, 0.3) is 0 Å². The van der Waals surface area contributed by atoms with Crippen molar-refractivity contribution >= 4 is 29.1 Å². The number of hydrogen-bond acceptors (Lipinski definition) is 4. The number of nitrogens with one attached hydrogen (secondary N) is 1. The quantitative estimate of drug-likeness (QED) is 0.748. The van der Waals surface area contributed by atoms with Gasteiger partial charge in [-0.3, -0.25) is 4.79 Å². The van der Waals surface area contributed by atoms with Crippen molar-refractivity contribution in [1.82, 2.24) is 15.5 Å². The summed E-state index contributed by atoms with van der Waals surface area (Å²) in [6.07, 6.45) is 0.328. The standard InChI is InChI=1S/C17H13Cl2N3O2/c18-13-7-6-12(14(19)9-13)8-15-21-22-17(24-15)16(23)20-10-11-4-2-1-3-5-11/h1-7,9H,8,10H2,(H,20,23). The molecule has 3 rings (SSSR count). The van der Waals surface area contributed by atoms with Crippen LogP contribution in [0.3, 0.4) is 0 Å². The maximum Gasteiger partial charge on any atom is 0.309 e. The van der Waals surface area contributed by atoms with Gasteiger partial charge in [0.1, 0.15) is 0 Å². The van der Waals surface area contributed by atoms with Crippen molar-refractivity contribution in [3.8, 4) is 0 Å². The number of nitrogens with zero attached hydrogens (tertiary/aromatic N) is 2. The Morgan fingerprint density at radius 1 is 1.08 bits per heavy atom. The lowest BCUT2D eigenvalue weighted by Crippen LogP contribution is -2.23. The number of aromatic nitrogens is 2. The summed E-state index contributed by atoms with van der Waals surface area (Å²) in [6.45, 7) is 0.389. The van der Waals surface area contributed by atoms with Crippen LogP contribution in [0.1, 0.15) is 27.7 Å². The van der Waals surface area contributed by atoms with Crippen molar-refractivity contribution in [1.29, 1.82) is 0 Å². The number of amides is 1. The minimum atomic E-state index is -0.417. The molecular formula is C17H13Cl2N3O2. The first-order valence-electron chi connectivity index (χ1n) is 7.20. The maximum absolute atomic E-state index is 12.0. The van der Waals surface area contributed by atoms with Crippen LogP contribution in [0.25, 0.3) is 0 Å². The van der Waals surface area contributed by atoms with Gasteiger partial charge in [0.05, 0.1) is 6.42 Å². The largest absolute Gasteiger partial charge is 0.417 e. The van der Waals surface area contributed by atoms with E-state index in [2.05, 4.69) is 15.5 Å². The third-order valence-electron chi connectivity index (χ3n) is 3.31. The van der Waals surface area contributed by atoms with Crippen LogP contribution in [-0.4, -0.2) is 16.1 Å². The molecule has 2 aromatic carbocycles. The predicted octanol–water partition coefficient (Wildman–Crippen LogP) is 3.90. The van der Waals surface area contributed by atoms with Gasteiger partial charge < -0.3 is 9.73 Å². The maximum atomic E-state index is 12.0. The third kappa shape index (κ3) is 4.13. The summed E-state index contributed by atoms with van der Waals surface area (Å²) in [4.78, 5) is 12.0. The molecule has 0 radical (unpaired) electrons. The Morgan fingerprint density at radius 2 is 1.88 bits per heavy atom. The van der Waals surface area contributed by atoms with Crippen LogP contribution in [0, 0.1) is 0 Å². The lowest BCUT2D eigenvalue weighted by atomic mass is 10.1. The minimum absolute atomic E-state index is 0.0778. The average molecular weight is 362 g/mol. The molecule has 0 atom stereocenters. The van der Waals surface area contributed by atoms with Gasteiger partial charge in [0.15, 0.2) is 0 Å². The first kappa shape index (κ1) is 16.5. The zero-order valence-electron chi connectivity index (χ0n) is 12.5. The first-order valence-corrected chi connectivity index (χ1v) is 7.96. The SMILES string of the molecule is O=C(NCc1ccccc1)c1nnc(Cc2ccc(Cl)cc2Cl)o1. The average Bonchev–Trinajstić information content (AvgIpc) is 3.05. The van der Waals surface area contributed by atoms with E-state index in [1.165, 1.54) is 0 Å². The van der Waals surface area contributed by atoms with Gasteiger partial charge in [-0.25, -0.2) is 0 Å². The van der Waals surface area contributed by atoms with Crippen LogP contribution in [0.2, 0.25) is 10.0 Å². The molecule has 0 bridgehead atoms. The van der Waals surface area contributed by atoms with E-state index in [1.54, 1.807) is 18.2 Å². The molecule has 0 saturated heterocycles. The van der Waals surface area contributed by atoms with E-state index in [1.807, 2.05) is 30.3 Å². The fraction of sp³-hybridized carbons (Fsp3) is 0.118. The molecule has 5 nitrogen and oxygen atoms in total. The fourth-order valence-corrected chi connectivity index (χ4v) is 2.57. The number of carbonyl (C=O) groups excluding carboxylic acids is 1. The molecule has 3 aromatic rings. The molecule has 1 N–H and O–H groups in total. The van der Waals surface area contributed by atoms with Crippen LogP contribution < -0.4 is 5.32 Å². The second kappa shape index (κ2) is 7.47. The molecule has 0 unspecified atom stereocenters. The van der Waals surface area contributed by atoms with Gasteiger partial charge in [-0.15, -0.1) is 10.2 Å². The summed E-state index contributed by atoms with van der Waals surface area (Å²) in [7, 11) is 0. The summed E-state index contributed by atoms with van der Waals surface area (Å²) in [5, 5.41) is 11.4. The van der Waals surface area contributed by atoms with E-state index in [0.717, 1.165) is 11.1 Å². The number of benzene rings is 2. The van der Waals surface area contributed by atoms with Gasteiger partial charge in [0, 0.05) is 16.6 Å². The van der Waals surface area contributed by atoms with E-state index >= 15 is 0 Å². The zero-order chi connectivity index (χ0) is 16.9. The number of hydrogen-bond donors (Lipinski definition) is 1. The summed E-state index contributed by atoms with van der Waals surface area (Å²) < 4.78 is 5.40. The molecule has 0 aliphatic heterocycles. The summed E-state index contributed by atoms with van der Waals surface area (Å²) in [5.74, 6) is -0.185. The Morgan fingerprint density at radius 3 is 2.62 bits per heavy atom. The van der Waals surface area contributed by atoms with Crippen molar-refractivity contribution in [3.63, 3.8) is 0 Å². The number of rotatable bonds is 5. The Labute approximate surface area is 148 Å². The zero-order valence-corrected chi connectivity index (χ0v) is 14.0. The van der Waals surface area contributed by atoms with Crippen molar-refractivity contribution in [3.05, 3.63) is 81.5 Å². The highest BCUT2D eigenvalue weighted by Crippen LogP contribution is 2.23. The van der Waals surface area contributed by atoms with Crippen molar-refractivity contribution in [2.75, 3.05) is 0 Å². The van der Waals surface area contributed by atoms with Crippen molar-refractivity contribution in [2.45, 2.75) is 13.0 Å². The summed E-state index contributed by atoms with van der Waals surface area (Å²) in [5.41, 5.74) is 1.78. The molecular weight excluding hydrogens is 349 g/mol. The molecule has 7 heteroatoms. The Kier molecular flexibility index (Phi) is 5.13. The van der Waals surface area contributed by atoms with Crippen LogP contribution >= 0.6 is 23.2 Å². The Balaban J connectivity index is 1.63. The molecule has 0 fully saturated rings. The van der Waals surface area contributed by atoms with Crippen LogP contribution in [-0.2, 0) is 13.0 Å². The molecule has 24 heavy (non-hydrogen) atoms. The normalized spacial score (nSPS) is 10.6. The third-order valence-corrected chi connectivity index (χ3v) is 3.90. The molecule has 1 heterocycles. The smallest absolute Gasteiger partial charge is 0.309 e. The minimum Gasteiger partial charge on any atom is -0.417 e. The molecule has 1 amide bonds. The van der Waals surface area contributed by atoms with Crippen molar-refractivity contribution < 1.29 is 9.21 Å². The molecule has 0 aliphatic carbocycles. The molecule has 0 aliphatic rings. The Hall–Kier alpha value is -2.37. The fourth-order valence-electron chi connectivity index (χ4n) is 2.10. The van der Waals surface area contributed by atoms with E-state index in [9.17, 15) is 4.79 Å². The van der Waals surface area contributed by atoms with Gasteiger partial charge in [0.2, 0.25) is 5.89 Å². The Bertz CT molecular complexity index is 850.